The van der Waals surface area contributed by atoms with Crippen molar-refractivity contribution < 1.29 is 19.1 Å². The molecule has 1 atom stereocenters. The third-order valence-corrected chi connectivity index (χ3v) is 2.56. The Hall–Kier alpha value is -1.55. The van der Waals surface area contributed by atoms with Gasteiger partial charge in [-0.15, -0.1) is 11.6 Å². The molecule has 1 aromatic carbocycles. The van der Waals surface area contributed by atoms with Crippen molar-refractivity contribution in [3.8, 4) is 5.75 Å². The van der Waals surface area contributed by atoms with Crippen LogP contribution in [-0.4, -0.2) is 31.3 Å². The van der Waals surface area contributed by atoms with Crippen LogP contribution in [0.5, 0.6) is 5.75 Å². The first-order chi connectivity index (χ1) is 8.08. The number of hydrogen-bond donors (Lipinski definition) is 0. The summed E-state index contributed by atoms with van der Waals surface area (Å²) in [5.41, 5.74) is 0.410. The molecule has 5 heteroatoms. The van der Waals surface area contributed by atoms with Crippen molar-refractivity contribution in [1.82, 2.24) is 0 Å². The minimum atomic E-state index is -0.922. The molecule has 17 heavy (non-hydrogen) atoms. The number of benzene rings is 1. The molecule has 0 saturated carbocycles. The molecular formula is C12H13ClO4. The zero-order valence-corrected chi connectivity index (χ0v) is 10.4. The van der Waals surface area contributed by atoms with Crippen molar-refractivity contribution in [3.05, 3.63) is 29.8 Å². The molecule has 0 N–H and O–H groups in total. The minimum absolute atomic E-state index is 0.145. The van der Waals surface area contributed by atoms with Crippen molar-refractivity contribution in [2.75, 3.05) is 14.2 Å². The number of rotatable bonds is 5. The van der Waals surface area contributed by atoms with Crippen LogP contribution < -0.4 is 4.74 Å². The average Bonchev–Trinajstić information content (AvgIpc) is 2.37. The highest BCUT2D eigenvalue weighted by Crippen LogP contribution is 2.17. The molecule has 0 aromatic heterocycles. The monoisotopic (exact) mass is 256 g/mol. The molecular weight excluding hydrogens is 244 g/mol. The van der Waals surface area contributed by atoms with Crippen molar-refractivity contribution in [3.63, 3.8) is 0 Å². The molecule has 0 spiro atoms. The molecule has 0 aliphatic carbocycles. The number of Topliss-reactive ketones (excluding diaryl/α,β-unsaturated/α-hetero) is 1. The van der Waals surface area contributed by atoms with E-state index in [0.717, 1.165) is 0 Å². The highest BCUT2D eigenvalue weighted by molar-refractivity contribution is 6.34. The van der Waals surface area contributed by atoms with E-state index in [9.17, 15) is 9.59 Å². The highest BCUT2D eigenvalue weighted by atomic mass is 35.5. The smallest absolute Gasteiger partial charge is 0.307 e. The van der Waals surface area contributed by atoms with Crippen LogP contribution in [0.2, 0.25) is 0 Å². The number of alkyl halides is 1. The lowest BCUT2D eigenvalue weighted by Gasteiger charge is -2.08. The summed E-state index contributed by atoms with van der Waals surface area (Å²) in [4.78, 5) is 22.9. The van der Waals surface area contributed by atoms with Crippen molar-refractivity contribution >= 4 is 23.4 Å². The molecule has 0 heterocycles. The van der Waals surface area contributed by atoms with Gasteiger partial charge in [-0.25, -0.2) is 0 Å². The Morgan fingerprint density at radius 3 is 2.65 bits per heavy atom. The van der Waals surface area contributed by atoms with Gasteiger partial charge in [0.15, 0.2) is 5.78 Å². The van der Waals surface area contributed by atoms with Gasteiger partial charge in [-0.1, -0.05) is 12.1 Å². The Kier molecular flexibility index (Phi) is 4.97. The summed E-state index contributed by atoms with van der Waals surface area (Å²) in [7, 11) is 2.76. The van der Waals surface area contributed by atoms with Crippen LogP contribution in [0.1, 0.15) is 16.8 Å². The first-order valence-corrected chi connectivity index (χ1v) is 5.41. The Balaban J connectivity index is 2.77. The van der Waals surface area contributed by atoms with E-state index in [-0.39, 0.29) is 12.2 Å². The molecule has 0 fully saturated rings. The maximum Gasteiger partial charge on any atom is 0.307 e. The number of ether oxygens (including phenoxy) is 2. The number of esters is 1. The number of halogens is 1. The number of hydrogen-bond acceptors (Lipinski definition) is 4. The topological polar surface area (TPSA) is 52.6 Å². The second kappa shape index (κ2) is 6.25. The van der Waals surface area contributed by atoms with Gasteiger partial charge in [0.2, 0.25) is 0 Å². The Morgan fingerprint density at radius 2 is 2.06 bits per heavy atom. The lowest BCUT2D eigenvalue weighted by molar-refractivity contribution is -0.140. The first-order valence-electron chi connectivity index (χ1n) is 4.97. The van der Waals surface area contributed by atoms with Gasteiger partial charge in [-0.05, 0) is 12.1 Å². The number of ketones is 1. The van der Waals surface area contributed by atoms with Crippen LogP contribution in [0.25, 0.3) is 0 Å². The highest BCUT2D eigenvalue weighted by Gasteiger charge is 2.21. The predicted octanol–water partition coefficient (Wildman–Crippen LogP) is 2.05. The minimum Gasteiger partial charge on any atom is -0.497 e. The summed E-state index contributed by atoms with van der Waals surface area (Å²) >= 11 is 5.84. The normalized spacial score (nSPS) is 11.7. The van der Waals surface area contributed by atoms with Gasteiger partial charge in [-0.2, -0.15) is 0 Å². The van der Waals surface area contributed by atoms with Gasteiger partial charge in [0.1, 0.15) is 11.1 Å². The van der Waals surface area contributed by atoms with E-state index in [1.54, 1.807) is 24.3 Å². The van der Waals surface area contributed by atoms with E-state index in [2.05, 4.69) is 4.74 Å². The van der Waals surface area contributed by atoms with Crippen molar-refractivity contribution in [1.29, 1.82) is 0 Å². The summed E-state index contributed by atoms with van der Waals surface area (Å²) < 4.78 is 9.45. The van der Waals surface area contributed by atoms with E-state index in [0.29, 0.717) is 11.3 Å². The third-order valence-electron chi connectivity index (χ3n) is 2.21. The maximum atomic E-state index is 11.9. The second-order valence-corrected chi connectivity index (χ2v) is 3.87. The van der Waals surface area contributed by atoms with Gasteiger partial charge >= 0.3 is 5.97 Å². The predicted molar refractivity (Wildman–Crippen MR) is 63.6 cm³/mol. The van der Waals surface area contributed by atoms with Crippen LogP contribution in [0.3, 0.4) is 0 Å². The van der Waals surface area contributed by atoms with E-state index >= 15 is 0 Å². The molecule has 0 aliphatic heterocycles. The summed E-state index contributed by atoms with van der Waals surface area (Å²) in [6, 6.07) is 6.61. The van der Waals surface area contributed by atoms with E-state index in [1.807, 2.05) is 0 Å². The van der Waals surface area contributed by atoms with Gasteiger partial charge in [-0.3, -0.25) is 9.59 Å². The van der Waals surface area contributed by atoms with Crippen LogP contribution >= 0.6 is 11.6 Å². The Bertz CT molecular complexity index is 417. The number of methoxy groups -OCH3 is 2. The Morgan fingerprint density at radius 1 is 1.35 bits per heavy atom. The van der Waals surface area contributed by atoms with Gasteiger partial charge < -0.3 is 9.47 Å². The second-order valence-electron chi connectivity index (χ2n) is 3.34. The maximum absolute atomic E-state index is 11.9. The lowest BCUT2D eigenvalue weighted by atomic mass is 10.1. The molecule has 92 valence electrons. The molecule has 0 aliphatic rings. The van der Waals surface area contributed by atoms with Gasteiger partial charge in [0, 0.05) is 5.56 Å². The fourth-order valence-electron chi connectivity index (χ4n) is 1.28. The van der Waals surface area contributed by atoms with Crippen LogP contribution in [-0.2, 0) is 9.53 Å². The summed E-state index contributed by atoms with van der Waals surface area (Å²) in [6.45, 7) is 0. The van der Waals surface area contributed by atoms with Gasteiger partial charge in [0.05, 0.1) is 20.6 Å². The molecule has 1 aromatic rings. The average molecular weight is 257 g/mol. The largest absolute Gasteiger partial charge is 0.497 e. The first kappa shape index (κ1) is 13.5. The summed E-state index contributed by atoms with van der Waals surface area (Å²) in [5, 5.41) is -0.922. The van der Waals surface area contributed by atoms with Crippen molar-refractivity contribution in [2.24, 2.45) is 0 Å². The molecule has 0 amide bonds. The van der Waals surface area contributed by atoms with Crippen LogP contribution in [0.15, 0.2) is 24.3 Å². The number of carbonyl (C=O) groups is 2. The molecule has 0 radical (unpaired) electrons. The van der Waals surface area contributed by atoms with E-state index in [1.165, 1.54) is 14.2 Å². The summed E-state index contributed by atoms with van der Waals surface area (Å²) in [6.07, 6.45) is -0.145. The fraction of sp³-hybridized carbons (Fsp3) is 0.333. The fourth-order valence-corrected chi connectivity index (χ4v) is 1.53. The Labute approximate surface area is 104 Å². The molecule has 1 rings (SSSR count). The third kappa shape index (κ3) is 3.75. The molecule has 0 saturated heterocycles. The molecule has 1 unspecified atom stereocenters. The zero-order chi connectivity index (χ0) is 12.8. The van der Waals surface area contributed by atoms with E-state index < -0.39 is 11.3 Å². The van der Waals surface area contributed by atoms with Crippen LogP contribution in [0.4, 0.5) is 0 Å². The van der Waals surface area contributed by atoms with Crippen LogP contribution in [0, 0.1) is 0 Å². The van der Waals surface area contributed by atoms with Gasteiger partial charge in [0.25, 0.3) is 0 Å². The standard InChI is InChI=1S/C12H13ClO4/c1-16-9-5-3-4-8(6-9)12(15)10(13)7-11(14)17-2/h3-6,10H,7H2,1-2H3. The quantitative estimate of drug-likeness (QED) is 0.460. The zero-order valence-electron chi connectivity index (χ0n) is 9.60. The van der Waals surface area contributed by atoms with Crippen molar-refractivity contribution in [2.45, 2.75) is 11.8 Å². The number of carbonyl (C=O) groups excluding carboxylic acids is 2. The van der Waals surface area contributed by atoms with E-state index in [4.69, 9.17) is 16.3 Å². The lowest BCUT2D eigenvalue weighted by Crippen LogP contribution is -2.19. The summed E-state index contributed by atoms with van der Waals surface area (Å²) in [5.74, 6) is -0.269. The molecule has 0 bridgehead atoms. The SMILES string of the molecule is COC(=O)CC(Cl)C(=O)c1cccc(OC)c1. The molecule has 4 nitrogen and oxygen atoms in total.